The van der Waals surface area contributed by atoms with Crippen molar-refractivity contribution in [2.45, 2.75) is 44.8 Å². The van der Waals surface area contributed by atoms with Crippen LogP contribution in [0.25, 0.3) is 0 Å². The first-order valence-corrected chi connectivity index (χ1v) is 6.33. The number of carbonyl (C=O) groups is 4. The van der Waals surface area contributed by atoms with Gasteiger partial charge in [-0.2, -0.15) is 0 Å². The number of carbonyl (C=O) groups excluding carboxylic acids is 4. The highest BCUT2D eigenvalue weighted by Crippen LogP contribution is 2.00. The van der Waals surface area contributed by atoms with Crippen LogP contribution in [0.5, 0.6) is 0 Å². The van der Waals surface area contributed by atoms with E-state index in [-0.39, 0.29) is 36.7 Å². The third-order valence-electron chi connectivity index (χ3n) is 2.92. The SMILES string of the molecule is CNC(=O)CC(CC(=O)NC(C)C(C)NC=O)NC=O. The lowest BCUT2D eigenvalue weighted by Gasteiger charge is -2.22. The Morgan fingerprint density at radius 3 is 2.00 bits per heavy atom. The molecule has 0 aromatic rings. The topological polar surface area (TPSA) is 116 Å². The van der Waals surface area contributed by atoms with Crippen molar-refractivity contribution in [3.8, 4) is 0 Å². The number of hydrogen-bond donors (Lipinski definition) is 4. The summed E-state index contributed by atoms with van der Waals surface area (Å²) in [6.07, 6.45) is 1.04. The summed E-state index contributed by atoms with van der Waals surface area (Å²) in [5.74, 6) is -0.568. The molecule has 114 valence electrons. The van der Waals surface area contributed by atoms with Gasteiger partial charge in [0.2, 0.25) is 24.6 Å². The van der Waals surface area contributed by atoms with Gasteiger partial charge in [0, 0.05) is 38.0 Å². The lowest BCUT2D eigenvalue weighted by Crippen LogP contribution is -2.48. The van der Waals surface area contributed by atoms with Gasteiger partial charge < -0.3 is 21.3 Å². The Hall–Kier alpha value is -2.12. The second-order valence-electron chi connectivity index (χ2n) is 4.49. The van der Waals surface area contributed by atoms with Crippen molar-refractivity contribution in [3.63, 3.8) is 0 Å². The Morgan fingerprint density at radius 1 is 0.950 bits per heavy atom. The summed E-state index contributed by atoms with van der Waals surface area (Å²) in [4.78, 5) is 43.8. The van der Waals surface area contributed by atoms with Crippen LogP contribution in [0.4, 0.5) is 0 Å². The van der Waals surface area contributed by atoms with Gasteiger partial charge in [-0.3, -0.25) is 19.2 Å². The zero-order valence-electron chi connectivity index (χ0n) is 11.9. The molecule has 0 aliphatic heterocycles. The minimum absolute atomic E-state index is 0.00961. The highest BCUT2D eigenvalue weighted by atomic mass is 16.2. The Bertz CT molecular complexity index is 348. The van der Waals surface area contributed by atoms with E-state index in [4.69, 9.17) is 0 Å². The van der Waals surface area contributed by atoms with E-state index in [0.717, 1.165) is 0 Å². The molecule has 0 heterocycles. The molecule has 0 fully saturated rings. The van der Waals surface area contributed by atoms with Gasteiger partial charge in [0.1, 0.15) is 0 Å². The first kappa shape index (κ1) is 17.9. The lowest BCUT2D eigenvalue weighted by atomic mass is 10.1. The van der Waals surface area contributed by atoms with Crippen molar-refractivity contribution >= 4 is 24.6 Å². The van der Waals surface area contributed by atoms with Crippen LogP contribution in [0, 0.1) is 0 Å². The van der Waals surface area contributed by atoms with Crippen LogP contribution in [0.1, 0.15) is 26.7 Å². The van der Waals surface area contributed by atoms with E-state index >= 15 is 0 Å². The zero-order valence-corrected chi connectivity index (χ0v) is 11.9. The first-order valence-electron chi connectivity index (χ1n) is 6.33. The maximum Gasteiger partial charge on any atom is 0.222 e. The molecule has 0 radical (unpaired) electrons. The molecule has 4 amide bonds. The molecular weight excluding hydrogens is 264 g/mol. The van der Waals surface area contributed by atoms with E-state index < -0.39 is 6.04 Å². The fourth-order valence-corrected chi connectivity index (χ4v) is 1.53. The van der Waals surface area contributed by atoms with Crippen LogP contribution in [0.15, 0.2) is 0 Å². The van der Waals surface area contributed by atoms with E-state index in [9.17, 15) is 19.2 Å². The van der Waals surface area contributed by atoms with Crippen LogP contribution in [-0.2, 0) is 19.2 Å². The standard InChI is InChI=1S/C12H22N4O4/c1-8(14-6-17)9(2)16-12(20)5-10(15-7-18)4-11(19)13-3/h6-10H,4-5H2,1-3H3,(H,13,19)(H,14,17)(H,15,18)(H,16,20). The molecule has 0 bridgehead atoms. The molecule has 0 spiro atoms. The molecule has 0 aliphatic rings. The summed E-state index contributed by atoms with van der Waals surface area (Å²) in [6, 6.07) is -1.04. The molecule has 0 rings (SSSR count). The predicted octanol–water partition coefficient (Wildman–Crippen LogP) is -1.73. The second-order valence-corrected chi connectivity index (χ2v) is 4.49. The molecule has 20 heavy (non-hydrogen) atoms. The van der Waals surface area contributed by atoms with E-state index in [1.54, 1.807) is 13.8 Å². The summed E-state index contributed by atoms with van der Waals surface area (Å²) in [5, 5.41) is 10.1. The van der Waals surface area contributed by atoms with Gasteiger partial charge in [-0.15, -0.1) is 0 Å². The molecule has 8 nitrogen and oxygen atoms in total. The van der Waals surface area contributed by atoms with Crippen molar-refractivity contribution < 1.29 is 19.2 Å². The van der Waals surface area contributed by atoms with Gasteiger partial charge >= 0.3 is 0 Å². The molecule has 4 N–H and O–H groups in total. The lowest BCUT2D eigenvalue weighted by molar-refractivity contribution is -0.124. The number of nitrogens with one attached hydrogen (secondary N) is 4. The smallest absolute Gasteiger partial charge is 0.222 e. The Labute approximate surface area is 118 Å². The van der Waals surface area contributed by atoms with Gasteiger partial charge in [0.05, 0.1) is 0 Å². The molecule has 0 aromatic carbocycles. The molecule has 0 saturated carbocycles. The monoisotopic (exact) mass is 286 g/mol. The van der Waals surface area contributed by atoms with Crippen molar-refractivity contribution in [2.75, 3.05) is 7.05 Å². The van der Waals surface area contributed by atoms with E-state index in [1.165, 1.54) is 7.05 Å². The maximum absolute atomic E-state index is 11.8. The van der Waals surface area contributed by atoms with Crippen LogP contribution in [0.2, 0.25) is 0 Å². The van der Waals surface area contributed by atoms with Crippen molar-refractivity contribution in [3.05, 3.63) is 0 Å². The number of hydrogen-bond acceptors (Lipinski definition) is 4. The fourth-order valence-electron chi connectivity index (χ4n) is 1.53. The van der Waals surface area contributed by atoms with Gasteiger partial charge in [-0.05, 0) is 13.8 Å². The van der Waals surface area contributed by atoms with Crippen molar-refractivity contribution in [1.29, 1.82) is 0 Å². The summed E-state index contributed by atoms with van der Waals surface area (Å²) >= 11 is 0. The van der Waals surface area contributed by atoms with Crippen LogP contribution < -0.4 is 21.3 Å². The maximum atomic E-state index is 11.8. The normalized spacial score (nSPS) is 14.3. The molecule has 0 aromatic heterocycles. The van der Waals surface area contributed by atoms with Crippen molar-refractivity contribution in [2.24, 2.45) is 0 Å². The van der Waals surface area contributed by atoms with Crippen LogP contribution >= 0.6 is 0 Å². The molecule has 3 atom stereocenters. The minimum atomic E-state index is -0.561. The quantitative estimate of drug-likeness (QED) is 0.357. The van der Waals surface area contributed by atoms with Gasteiger partial charge in [0.15, 0.2) is 0 Å². The number of amides is 4. The predicted molar refractivity (Wildman–Crippen MR) is 72.6 cm³/mol. The van der Waals surface area contributed by atoms with Gasteiger partial charge in [-0.1, -0.05) is 0 Å². The second kappa shape index (κ2) is 9.76. The van der Waals surface area contributed by atoms with Gasteiger partial charge in [0.25, 0.3) is 0 Å². The zero-order chi connectivity index (χ0) is 15.5. The molecule has 3 unspecified atom stereocenters. The summed E-state index contributed by atoms with van der Waals surface area (Å²) in [7, 11) is 1.48. The first-order chi connectivity index (χ1) is 9.44. The molecule has 0 aliphatic carbocycles. The van der Waals surface area contributed by atoms with Crippen LogP contribution in [-0.4, -0.2) is 49.8 Å². The number of rotatable bonds is 10. The summed E-state index contributed by atoms with van der Waals surface area (Å²) in [5.41, 5.74) is 0. The molecular formula is C12H22N4O4. The van der Waals surface area contributed by atoms with E-state index in [1.807, 2.05) is 0 Å². The molecule has 0 saturated heterocycles. The fraction of sp³-hybridized carbons (Fsp3) is 0.667. The summed E-state index contributed by atoms with van der Waals surface area (Å²) in [6.45, 7) is 3.50. The highest BCUT2D eigenvalue weighted by Gasteiger charge is 2.19. The minimum Gasteiger partial charge on any atom is -0.359 e. The largest absolute Gasteiger partial charge is 0.359 e. The van der Waals surface area contributed by atoms with Gasteiger partial charge in [-0.25, -0.2) is 0 Å². The van der Waals surface area contributed by atoms with Crippen LogP contribution in [0.3, 0.4) is 0 Å². The Kier molecular flexibility index (Phi) is 8.73. The van der Waals surface area contributed by atoms with E-state index in [2.05, 4.69) is 21.3 Å². The van der Waals surface area contributed by atoms with E-state index in [0.29, 0.717) is 12.8 Å². The van der Waals surface area contributed by atoms with Crippen molar-refractivity contribution in [1.82, 2.24) is 21.3 Å². The third-order valence-corrected chi connectivity index (χ3v) is 2.92. The highest BCUT2D eigenvalue weighted by molar-refractivity contribution is 5.80. The average Bonchev–Trinajstić information content (AvgIpc) is 2.38. The Balaban J connectivity index is 4.34. The Morgan fingerprint density at radius 2 is 1.50 bits per heavy atom. The third kappa shape index (κ3) is 7.34. The molecule has 8 heteroatoms. The average molecular weight is 286 g/mol. The summed E-state index contributed by atoms with van der Waals surface area (Å²) < 4.78 is 0.